The van der Waals surface area contributed by atoms with E-state index in [9.17, 15) is 0 Å². The fourth-order valence-corrected chi connectivity index (χ4v) is 1.89. The van der Waals surface area contributed by atoms with Crippen molar-refractivity contribution in [3.05, 3.63) is 11.6 Å². The molecule has 1 aliphatic rings. The minimum absolute atomic E-state index is 0.313. The van der Waals surface area contributed by atoms with Gasteiger partial charge in [0.05, 0.1) is 5.38 Å². The molecule has 0 saturated carbocycles. The molecule has 0 amide bonds. The molecule has 0 heterocycles. The number of rotatable bonds is 2. The minimum atomic E-state index is 0.313. The zero-order chi connectivity index (χ0) is 8.27. The molecule has 2 unspecified atom stereocenters. The maximum absolute atomic E-state index is 6.04. The topological polar surface area (TPSA) is 0 Å². The Morgan fingerprint density at radius 3 is 3.00 bits per heavy atom. The van der Waals surface area contributed by atoms with Crippen molar-refractivity contribution in [3.63, 3.8) is 0 Å². The number of alkyl halides is 1. The Balaban J connectivity index is 2.55. The maximum atomic E-state index is 6.04. The highest BCUT2D eigenvalue weighted by molar-refractivity contribution is 6.21. The molecule has 0 aromatic rings. The van der Waals surface area contributed by atoms with Crippen molar-refractivity contribution in [2.24, 2.45) is 5.92 Å². The molecule has 0 N–H and O–H groups in total. The van der Waals surface area contributed by atoms with Crippen LogP contribution in [0.15, 0.2) is 11.6 Å². The zero-order valence-electron chi connectivity index (χ0n) is 7.44. The lowest BCUT2D eigenvalue weighted by Gasteiger charge is -2.20. The molecule has 1 aliphatic carbocycles. The Bertz CT molecular complexity index is 149. The van der Waals surface area contributed by atoms with Crippen LogP contribution in [-0.2, 0) is 0 Å². The van der Waals surface area contributed by atoms with E-state index in [1.165, 1.54) is 25.7 Å². The molecule has 0 bridgehead atoms. The number of hydrogen-bond donors (Lipinski definition) is 0. The van der Waals surface area contributed by atoms with E-state index >= 15 is 0 Å². The minimum Gasteiger partial charge on any atom is -0.118 e. The number of allylic oxidation sites excluding steroid dienone is 2. The molecule has 0 aromatic carbocycles. The Kier molecular flexibility index (Phi) is 3.45. The number of hydrogen-bond acceptors (Lipinski definition) is 0. The molecule has 64 valence electrons. The van der Waals surface area contributed by atoms with Crippen LogP contribution in [0.3, 0.4) is 0 Å². The first-order valence-electron chi connectivity index (χ1n) is 4.58. The fraction of sp³-hybridized carbons (Fsp3) is 0.800. The average Bonchev–Trinajstić information content (AvgIpc) is 2.03. The molecule has 0 spiro atoms. The monoisotopic (exact) mass is 172 g/mol. The van der Waals surface area contributed by atoms with Gasteiger partial charge >= 0.3 is 0 Å². The average molecular weight is 173 g/mol. The summed E-state index contributed by atoms with van der Waals surface area (Å²) in [7, 11) is 0. The molecule has 1 rings (SSSR count). The van der Waals surface area contributed by atoms with E-state index in [2.05, 4.69) is 19.9 Å². The second-order valence-electron chi connectivity index (χ2n) is 3.46. The van der Waals surface area contributed by atoms with Crippen LogP contribution in [0.25, 0.3) is 0 Å². The van der Waals surface area contributed by atoms with Crippen molar-refractivity contribution < 1.29 is 0 Å². The van der Waals surface area contributed by atoms with Gasteiger partial charge in [-0.1, -0.05) is 25.5 Å². The van der Waals surface area contributed by atoms with Crippen molar-refractivity contribution in [1.82, 2.24) is 0 Å². The van der Waals surface area contributed by atoms with Crippen LogP contribution < -0.4 is 0 Å². The summed E-state index contributed by atoms with van der Waals surface area (Å²) >= 11 is 6.04. The predicted octanol–water partition coefficient (Wildman–Crippen LogP) is 3.75. The second kappa shape index (κ2) is 4.15. The van der Waals surface area contributed by atoms with Gasteiger partial charge in [-0.2, -0.15) is 0 Å². The summed E-state index contributed by atoms with van der Waals surface area (Å²) in [5, 5.41) is 0.313. The summed E-state index contributed by atoms with van der Waals surface area (Å²) < 4.78 is 0. The van der Waals surface area contributed by atoms with Crippen LogP contribution in [0.4, 0.5) is 0 Å². The summed E-state index contributed by atoms with van der Waals surface area (Å²) in [6.45, 7) is 4.53. The van der Waals surface area contributed by atoms with Crippen molar-refractivity contribution in [2.45, 2.75) is 44.9 Å². The molecule has 2 atom stereocenters. The lowest BCUT2D eigenvalue weighted by molar-refractivity contribution is 0.575. The third-order valence-electron chi connectivity index (χ3n) is 2.59. The van der Waals surface area contributed by atoms with Gasteiger partial charge < -0.3 is 0 Å². The van der Waals surface area contributed by atoms with Gasteiger partial charge in [0, 0.05) is 0 Å². The van der Waals surface area contributed by atoms with E-state index in [1.54, 1.807) is 5.57 Å². The summed E-state index contributed by atoms with van der Waals surface area (Å²) in [6, 6.07) is 0. The van der Waals surface area contributed by atoms with Gasteiger partial charge in [-0.25, -0.2) is 0 Å². The van der Waals surface area contributed by atoms with Crippen LogP contribution in [-0.4, -0.2) is 5.38 Å². The van der Waals surface area contributed by atoms with Gasteiger partial charge in [0.1, 0.15) is 0 Å². The van der Waals surface area contributed by atoms with Gasteiger partial charge in [0.15, 0.2) is 0 Å². The number of halogens is 1. The smallest absolute Gasteiger partial charge is 0.0518 e. The highest BCUT2D eigenvalue weighted by Crippen LogP contribution is 2.28. The van der Waals surface area contributed by atoms with E-state index in [-0.39, 0.29) is 0 Å². The van der Waals surface area contributed by atoms with Crippen LogP contribution in [0, 0.1) is 5.92 Å². The summed E-state index contributed by atoms with van der Waals surface area (Å²) in [5.41, 5.74) is 1.58. The second-order valence-corrected chi connectivity index (χ2v) is 4.02. The Hall–Kier alpha value is 0.0300. The van der Waals surface area contributed by atoms with Crippen molar-refractivity contribution >= 4 is 11.6 Å². The fourth-order valence-electron chi connectivity index (χ4n) is 1.57. The van der Waals surface area contributed by atoms with Crippen LogP contribution in [0.2, 0.25) is 0 Å². The Labute approximate surface area is 74.6 Å². The molecule has 0 aromatic heterocycles. The van der Waals surface area contributed by atoms with Gasteiger partial charge in [0.2, 0.25) is 0 Å². The summed E-state index contributed by atoms with van der Waals surface area (Å²) in [6.07, 6.45) is 7.23. The van der Waals surface area contributed by atoms with Crippen LogP contribution in [0.5, 0.6) is 0 Å². The highest BCUT2D eigenvalue weighted by atomic mass is 35.5. The van der Waals surface area contributed by atoms with Gasteiger partial charge in [-0.15, -0.1) is 11.6 Å². The quantitative estimate of drug-likeness (QED) is 0.440. The molecule has 0 aliphatic heterocycles. The van der Waals surface area contributed by atoms with E-state index in [1.807, 2.05) is 0 Å². The SMILES string of the molecule is CCC(C)C1=CC(Cl)CCC1. The zero-order valence-corrected chi connectivity index (χ0v) is 8.19. The first-order chi connectivity index (χ1) is 5.24. The molecule has 0 radical (unpaired) electrons. The van der Waals surface area contributed by atoms with Crippen LogP contribution >= 0.6 is 11.6 Å². The first kappa shape index (κ1) is 9.12. The lowest BCUT2D eigenvalue weighted by Crippen LogP contribution is -2.08. The summed E-state index contributed by atoms with van der Waals surface area (Å²) in [5.74, 6) is 0.747. The van der Waals surface area contributed by atoms with E-state index in [0.717, 1.165) is 5.92 Å². The molecule has 1 heteroatoms. The molecule has 0 nitrogen and oxygen atoms in total. The van der Waals surface area contributed by atoms with E-state index in [4.69, 9.17) is 11.6 Å². The molecule has 0 fully saturated rings. The third kappa shape index (κ3) is 2.52. The molecular weight excluding hydrogens is 156 g/mol. The van der Waals surface area contributed by atoms with Gasteiger partial charge in [0.25, 0.3) is 0 Å². The molecule has 0 saturated heterocycles. The molecular formula is C10H17Cl. The molecule has 11 heavy (non-hydrogen) atoms. The Morgan fingerprint density at radius 1 is 1.73 bits per heavy atom. The lowest BCUT2D eigenvalue weighted by atomic mass is 9.89. The normalized spacial score (nSPS) is 27.9. The van der Waals surface area contributed by atoms with Crippen molar-refractivity contribution in [3.8, 4) is 0 Å². The van der Waals surface area contributed by atoms with Crippen molar-refractivity contribution in [1.29, 1.82) is 0 Å². The van der Waals surface area contributed by atoms with E-state index < -0.39 is 0 Å². The highest BCUT2D eigenvalue weighted by Gasteiger charge is 2.14. The van der Waals surface area contributed by atoms with Gasteiger partial charge in [-0.3, -0.25) is 0 Å². The van der Waals surface area contributed by atoms with Gasteiger partial charge in [-0.05, 0) is 31.6 Å². The standard InChI is InChI=1S/C10H17Cl/c1-3-8(2)9-5-4-6-10(11)7-9/h7-8,10H,3-6H2,1-2H3. The third-order valence-corrected chi connectivity index (χ3v) is 2.93. The van der Waals surface area contributed by atoms with E-state index in [0.29, 0.717) is 5.38 Å². The maximum Gasteiger partial charge on any atom is 0.0518 e. The summed E-state index contributed by atoms with van der Waals surface area (Å²) in [4.78, 5) is 0. The Morgan fingerprint density at radius 2 is 2.45 bits per heavy atom. The predicted molar refractivity (Wildman–Crippen MR) is 51.0 cm³/mol. The van der Waals surface area contributed by atoms with Crippen LogP contribution in [0.1, 0.15) is 39.5 Å². The van der Waals surface area contributed by atoms with Crippen molar-refractivity contribution in [2.75, 3.05) is 0 Å². The largest absolute Gasteiger partial charge is 0.118 e. The first-order valence-corrected chi connectivity index (χ1v) is 5.02.